The number of alkyl halides is 1. The minimum atomic E-state index is -1.71. The maximum absolute atomic E-state index is 12.8. The zero-order valence-corrected chi connectivity index (χ0v) is 19.7. The van der Waals surface area contributed by atoms with Gasteiger partial charge < -0.3 is 24.1 Å². The van der Waals surface area contributed by atoms with Gasteiger partial charge in [-0.15, -0.1) is 11.6 Å². The number of esters is 3. The van der Waals surface area contributed by atoms with E-state index in [0.29, 0.717) is 5.56 Å². The normalized spacial score (nSPS) is 23.3. The average molecular weight is 511 g/mol. The van der Waals surface area contributed by atoms with E-state index in [4.69, 9.17) is 30.5 Å². The number of benzene rings is 3. The van der Waals surface area contributed by atoms with Crippen LogP contribution in [0, 0.1) is 0 Å². The van der Waals surface area contributed by atoms with Crippen molar-refractivity contribution in [2.45, 2.75) is 30.0 Å². The van der Waals surface area contributed by atoms with E-state index in [9.17, 15) is 19.5 Å². The third-order valence-corrected chi connectivity index (χ3v) is 6.01. The summed E-state index contributed by atoms with van der Waals surface area (Å²) in [6, 6.07) is 24.6. The van der Waals surface area contributed by atoms with Gasteiger partial charge in [-0.25, -0.2) is 14.4 Å². The summed E-state index contributed by atoms with van der Waals surface area (Å²) >= 11 is 6.60. The van der Waals surface area contributed by atoms with Crippen molar-refractivity contribution >= 4 is 29.5 Å². The zero-order chi connectivity index (χ0) is 25.5. The lowest BCUT2D eigenvalue weighted by molar-refractivity contribution is -0.248. The van der Waals surface area contributed by atoms with Crippen LogP contribution in [0.4, 0.5) is 0 Å². The van der Waals surface area contributed by atoms with Crippen molar-refractivity contribution < 1.29 is 38.4 Å². The highest BCUT2D eigenvalue weighted by Crippen LogP contribution is 2.30. The van der Waals surface area contributed by atoms with E-state index >= 15 is 0 Å². The molecule has 9 heteroatoms. The second-order valence-electron chi connectivity index (χ2n) is 7.95. The van der Waals surface area contributed by atoms with Gasteiger partial charge in [0.15, 0.2) is 18.5 Å². The molecule has 8 nitrogen and oxygen atoms in total. The lowest BCUT2D eigenvalue weighted by atomic mass is 10.0. The van der Waals surface area contributed by atoms with Gasteiger partial charge in [-0.1, -0.05) is 54.6 Å². The molecule has 0 bridgehead atoms. The Labute approximate surface area is 212 Å². The largest absolute Gasteiger partial charge is 0.459 e. The van der Waals surface area contributed by atoms with Gasteiger partial charge >= 0.3 is 17.9 Å². The summed E-state index contributed by atoms with van der Waals surface area (Å²) in [6.45, 7) is -0.336. The number of rotatable bonds is 7. The van der Waals surface area contributed by atoms with Crippen LogP contribution in [0.1, 0.15) is 31.1 Å². The molecule has 1 heterocycles. The van der Waals surface area contributed by atoms with Gasteiger partial charge in [-0.3, -0.25) is 0 Å². The van der Waals surface area contributed by atoms with Gasteiger partial charge in [0.05, 0.1) is 16.7 Å². The van der Waals surface area contributed by atoms with E-state index in [1.54, 1.807) is 78.9 Å². The van der Waals surface area contributed by atoms with Crippen molar-refractivity contribution in [1.82, 2.24) is 0 Å². The predicted octanol–water partition coefficient (Wildman–Crippen LogP) is 3.62. The van der Waals surface area contributed by atoms with Crippen molar-refractivity contribution in [2.75, 3.05) is 6.61 Å². The fraction of sp³-hybridized carbons (Fsp3) is 0.222. The molecule has 1 aliphatic rings. The monoisotopic (exact) mass is 510 g/mol. The van der Waals surface area contributed by atoms with Crippen molar-refractivity contribution in [3.8, 4) is 0 Å². The molecule has 0 spiro atoms. The SMILES string of the molecule is O=C(OCC1OC(O)C(OC(=O)c2ccccc2)C(OC(=O)c2ccccc2)C1Cl)c1ccccc1. The van der Waals surface area contributed by atoms with Crippen LogP contribution in [-0.2, 0) is 18.9 Å². The number of ether oxygens (including phenoxy) is 4. The second-order valence-corrected chi connectivity index (χ2v) is 8.45. The number of hydrogen-bond donors (Lipinski definition) is 1. The summed E-state index contributed by atoms with van der Waals surface area (Å²) in [6.07, 6.45) is -5.51. The van der Waals surface area contributed by atoms with Crippen LogP contribution < -0.4 is 0 Å². The van der Waals surface area contributed by atoms with Crippen LogP contribution in [-0.4, -0.2) is 59.6 Å². The first-order valence-electron chi connectivity index (χ1n) is 11.2. The summed E-state index contributed by atoms with van der Waals surface area (Å²) in [4.78, 5) is 37.8. The number of carbonyl (C=O) groups excluding carboxylic acids is 3. The minimum absolute atomic E-state index is 0.225. The number of carbonyl (C=O) groups is 3. The third-order valence-electron chi connectivity index (χ3n) is 5.48. The molecular weight excluding hydrogens is 488 g/mol. The Morgan fingerprint density at radius 3 is 1.58 bits per heavy atom. The first-order valence-corrected chi connectivity index (χ1v) is 11.6. The molecular formula is C27H23ClO8. The molecule has 0 saturated carbocycles. The van der Waals surface area contributed by atoms with E-state index in [0.717, 1.165) is 0 Å². The topological polar surface area (TPSA) is 108 Å². The maximum Gasteiger partial charge on any atom is 0.338 e. The fourth-order valence-corrected chi connectivity index (χ4v) is 3.95. The lowest BCUT2D eigenvalue weighted by Crippen LogP contribution is -2.59. The summed E-state index contributed by atoms with van der Waals surface area (Å²) in [5, 5.41) is 9.57. The summed E-state index contributed by atoms with van der Waals surface area (Å²) < 4.78 is 21.9. The Kier molecular flexibility index (Phi) is 8.32. The van der Waals surface area contributed by atoms with Crippen molar-refractivity contribution in [2.24, 2.45) is 0 Å². The average Bonchev–Trinajstić information content (AvgIpc) is 2.92. The Bertz CT molecular complexity index is 1170. The minimum Gasteiger partial charge on any atom is -0.459 e. The number of halogens is 1. The van der Waals surface area contributed by atoms with Gasteiger partial charge in [0.2, 0.25) is 0 Å². The Morgan fingerprint density at radius 2 is 1.11 bits per heavy atom. The standard InChI is InChI=1S/C27H23ClO8/c28-21-20(16-33-24(29)17-10-4-1-5-11-17)34-27(32)23(36-26(31)19-14-8-3-9-15-19)22(21)35-25(30)18-12-6-2-7-13-18/h1-15,20-23,27,32H,16H2. The summed E-state index contributed by atoms with van der Waals surface area (Å²) in [5.41, 5.74) is 0.784. The number of aliphatic hydroxyl groups is 1. The van der Waals surface area contributed by atoms with Gasteiger partial charge in [0, 0.05) is 0 Å². The second kappa shape index (κ2) is 11.8. The lowest BCUT2D eigenvalue weighted by Gasteiger charge is -2.41. The summed E-state index contributed by atoms with van der Waals surface area (Å²) in [7, 11) is 0. The van der Waals surface area contributed by atoms with Crippen molar-refractivity contribution in [1.29, 1.82) is 0 Å². The quantitative estimate of drug-likeness (QED) is 0.292. The molecule has 1 N–H and O–H groups in total. The van der Waals surface area contributed by atoms with Crippen molar-refractivity contribution in [3.05, 3.63) is 108 Å². The molecule has 5 atom stereocenters. The third kappa shape index (κ3) is 6.09. The molecule has 0 aliphatic carbocycles. The van der Waals surface area contributed by atoms with E-state index in [1.165, 1.54) is 12.1 Å². The summed E-state index contributed by atoms with van der Waals surface area (Å²) in [5.74, 6) is -2.11. The van der Waals surface area contributed by atoms with Crippen LogP contribution >= 0.6 is 11.6 Å². The Hall–Kier alpha value is -3.72. The highest BCUT2D eigenvalue weighted by Gasteiger charge is 2.49. The molecule has 3 aromatic carbocycles. The molecule has 0 radical (unpaired) electrons. The Morgan fingerprint density at radius 1 is 0.694 bits per heavy atom. The first kappa shape index (κ1) is 25.4. The van der Waals surface area contributed by atoms with Crippen LogP contribution in [0.2, 0.25) is 0 Å². The zero-order valence-electron chi connectivity index (χ0n) is 18.9. The van der Waals surface area contributed by atoms with E-state index in [-0.39, 0.29) is 17.7 Å². The van der Waals surface area contributed by atoms with Gasteiger partial charge in [-0.05, 0) is 36.4 Å². The van der Waals surface area contributed by atoms with Crippen LogP contribution in [0.5, 0.6) is 0 Å². The smallest absolute Gasteiger partial charge is 0.338 e. The van der Waals surface area contributed by atoms with Crippen LogP contribution in [0.25, 0.3) is 0 Å². The highest BCUT2D eigenvalue weighted by atomic mass is 35.5. The van der Waals surface area contributed by atoms with Gasteiger partial charge in [0.1, 0.15) is 18.1 Å². The molecule has 1 aliphatic heterocycles. The Balaban J connectivity index is 1.52. The van der Waals surface area contributed by atoms with E-state index in [2.05, 4.69) is 0 Å². The number of aliphatic hydroxyl groups excluding tert-OH is 1. The molecule has 0 amide bonds. The molecule has 3 aromatic rings. The molecule has 1 saturated heterocycles. The predicted molar refractivity (Wildman–Crippen MR) is 129 cm³/mol. The number of hydrogen-bond acceptors (Lipinski definition) is 8. The molecule has 4 rings (SSSR count). The highest BCUT2D eigenvalue weighted by molar-refractivity contribution is 6.21. The van der Waals surface area contributed by atoms with Crippen LogP contribution in [0.15, 0.2) is 91.0 Å². The van der Waals surface area contributed by atoms with Crippen LogP contribution in [0.3, 0.4) is 0 Å². The van der Waals surface area contributed by atoms with Gasteiger partial charge in [-0.2, -0.15) is 0 Å². The molecule has 36 heavy (non-hydrogen) atoms. The maximum atomic E-state index is 12.8. The van der Waals surface area contributed by atoms with E-state index in [1.807, 2.05) is 0 Å². The van der Waals surface area contributed by atoms with E-state index < -0.39 is 47.9 Å². The molecule has 0 aromatic heterocycles. The molecule has 5 unspecified atom stereocenters. The molecule has 186 valence electrons. The van der Waals surface area contributed by atoms with Gasteiger partial charge in [0.25, 0.3) is 0 Å². The fourth-order valence-electron chi connectivity index (χ4n) is 3.62. The van der Waals surface area contributed by atoms with Crippen molar-refractivity contribution in [3.63, 3.8) is 0 Å². The molecule has 1 fully saturated rings. The first-order chi connectivity index (χ1) is 17.4.